The molecular weight excluding hydrogens is 461 g/mol. The highest BCUT2D eigenvalue weighted by Gasteiger charge is 2.21. The Kier molecular flexibility index (Phi) is 9.58. The number of halogens is 1. The highest BCUT2D eigenvalue weighted by molar-refractivity contribution is 14.0. The second-order valence-electron chi connectivity index (χ2n) is 7.85. The van der Waals surface area contributed by atoms with Gasteiger partial charge in [-0.2, -0.15) is 0 Å². The van der Waals surface area contributed by atoms with Gasteiger partial charge >= 0.3 is 0 Å². The molecule has 156 valence electrons. The summed E-state index contributed by atoms with van der Waals surface area (Å²) in [7, 11) is 0. The van der Waals surface area contributed by atoms with Crippen molar-refractivity contribution in [2.45, 2.75) is 46.1 Å². The molecule has 1 aromatic carbocycles. The molecule has 2 heterocycles. The van der Waals surface area contributed by atoms with Crippen LogP contribution in [0.4, 0.5) is 0 Å². The number of nitrogens with zero attached hydrogens (tertiary/aromatic N) is 2. The standard InChI is InChI=1S/C22H35N5.HI/c1-4-23-22(26-14-18-8-7-13-27(16-18)17(2)3)24-12-11-19-15-25-21-10-6-5-9-20(19)21;/h5-6,9-10,15,17-18,25H,4,7-8,11-14,16H2,1-3H3,(H2,23,24,26);1H. The molecule has 0 aliphatic carbocycles. The fraction of sp³-hybridized carbons (Fsp3) is 0.591. The van der Waals surface area contributed by atoms with Crippen molar-refractivity contribution in [2.75, 3.05) is 32.7 Å². The van der Waals surface area contributed by atoms with Gasteiger partial charge in [0.15, 0.2) is 5.96 Å². The topological polar surface area (TPSA) is 55.5 Å². The van der Waals surface area contributed by atoms with Gasteiger partial charge in [0.1, 0.15) is 0 Å². The SMILES string of the molecule is CCNC(=NCC1CCCN(C(C)C)C1)NCCc1c[nH]c2ccccc12.I. The number of aromatic nitrogens is 1. The molecule has 3 rings (SSSR count). The summed E-state index contributed by atoms with van der Waals surface area (Å²) in [5.41, 5.74) is 2.56. The summed E-state index contributed by atoms with van der Waals surface area (Å²) in [4.78, 5) is 10.8. The molecule has 0 radical (unpaired) electrons. The maximum Gasteiger partial charge on any atom is 0.191 e. The quantitative estimate of drug-likeness (QED) is 0.308. The van der Waals surface area contributed by atoms with Gasteiger partial charge in [0.2, 0.25) is 0 Å². The van der Waals surface area contributed by atoms with E-state index in [0.717, 1.165) is 32.0 Å². The molecule has 3 N–H and O–H groups in total. The summed E-state index contributed by atoms with van der Waals surface area (Å²) in [5.74, 6) is 1.62. The summed E-state index contributed by atoms with van der Waals surface area (Å²) in [6, 6.07) is 9.12. The van der Waals surface area contributed by atoms with E-state index < -0.39 is 0 Å². The van der Waals surface area contributed by atoms with E-state index in [0.29, 0.717) is 12.0 Å². The van der Waals surface area contributed by atoms with Crippen molar-refractivity contribution >= 4 is 40.8 Å². The van der Waals surface area contributed by atoms with E-state index in [1.54, 1.807) is 0 Å². The molecule has 1 aromatic heterocycles. The van der Waals surface area contributed by atoms with Crippen LogP contribution in [0.2, 0.25) is 0 Å². The van der Waals surface area contributed by atoms with Gasteiger partial charge in [-0.3, -0.25) is 4.99 Å². The summed E-state index contributed by atoms with van der Waals surface area (Å²) in [6.45, 7) is 11.8. The Morgan fingerprint density at radius 2 is 2.11 bits per heavy atom. The Balaban J connectivity index is 0.00000280. The van der Waals surface area contributed by atoms with Crippen LogP contribution in [-0.2, 0) is 6.42 Å². The molecule has 1 aliphatic rings. The number of hydrogen-bond acceptors (Lipinski definition) is 2. The minimum atomic E-state index is 0. The average molecular weight is 497 g/mol. The van der Waals surface area contributed by atoms with Crippen LogP contribution in [0.15, 0.2) is 35.5 Å². The molecule has 2 aromatic rings. The lowest BCUT2D eigenvalue weighted by Crippen LogP contribution is -2.42. The Labute approximate surface area is 186 Å². The Morgan fingerprint density at radius 3 is 2.89 bits per heavy atom. The normalized spacial score (nSPS) is 18.3. The van der Waals surface area contributed by atoms with Crippen LogP contribution in [-0.4, -0.2) is 54.6 Å². The molecule has 1 unspecified atom stereocenters. The van der Waals surface area contributed by atoms with E-state index in [-0.39, 0.29) is 24.0 Å². The van der Waals surface area contributed by atoms with Gasteiger partial charge in [-0.05, 0) is 64.1 Å². The molecule has 5 nitrogen and oxygen atoms in total. The van der Waals surface area contributed by atoms with Crippen molar-refractivity contribution in [1.82, 2.24) is 20.5 Å². The molecule has 0 spiro atoms. The number of likely N-dealkylation sites (tertiary alicyclic amines) is 1. The number of aromatic amines is 1. The maximum atomic E-state index is 4.87. The molecule has 1 saturated heterocycles. The zero-order valence-electron chi connectivity index (χ0n) is 17.5. The molecule has 0 bridgehead atoms. The monoisotopic (exact) mass is 497 g/mol. The van der Waals surface area contributed by atoms with Gasteiger partial charge in [0.05, 0.1) is 0 Å². The smallest absolute Gasteiger partial charge is 0.191 e. The molecule has 1 fully saturated rings. The second-order valence-corrected chi connectivity index (χ2v) is 7.85. The third-order valence-electron chi connectivity index (χ3n) is 5.49. The number of benzene rings is 1. The van der Waals surface area contributed by atoms with Crippen LogP contribution in [0.5, 0.6) is 0 Å². The first-order valence-electron chi connectivity index (χ1n) is 10.5. The van der Waals surface area contributed by atoms with E-state index in [9.17, 15) is 0 Å². The first-order chi connectivity index (χ1) is 13.2. The van der Waals surface area contributed by atoms with Crippen LogP contribution < -0.4 is 10.6 Å². The third kappa shape index (κ3) is 6.37. The number of para-hydroxylation sites is 1. The van der Waals surface area contributed by atoms with Crippen LogP contribution >= 0.6 is 24.0 Å². The third-order valence-corrected chi connectivity index (χ3v) is 5.49. The number of guanidine groups is 1. The molecule has 6 heteroatoms. The Hall–Kier alpha value is -1.28. The summed E-state index contributed by atoms with van der Waals surface area (Å²) in [6.07, 6.45) is 5.70. The number of hydrogen-bond donors (Lipinski definition) is 3. The number of piperidine rings is 1. The van der Waals surface area contributed by atoms with Gasteiger partial charge < -0.3 is 20.5 Å². The zero-order valence-corrected chi connectivity index (χ0v) is 19.8. The summed E-state index contributed by atoms with van der Waals surface area (Å²) < 4.78 is 0. The van der Waals surface area contributed by atoms with E-state index in [1.807, 2.05) is 0 Å². The first-order valence-corrected chi connectivity index (χ1v) is 10.5. The minimum absolute atomic E-state index is 0. The molecule has 1 aliphatic heterocycles. The fourth-order valence-electron chi connectivity index (χ4n) is 3.93. The van der Waals surface area contributed by atoms with Crippen LogP contribution in [0.1, 0.15) is 39.2 Å². The lowest BCUT2D eigenvalue weighted by atomic mass is 9.97. The van der Waals surface area contributed by atoms with Crippen molar-refractivity contribution in [3.8, 4) is 0 Å². The van der Waals surface area contributed by atoms with E-state index in [2.05, 4.69) is 71.8 Å². The second kappa shape index (κ2) is 11.7. The van der Waals surface area contributed by atoms with Crippen molar-refractivity contribution in [1.29, 1.82) is 0 Å². The maximum absolute atomic E-state index is 4.87. The molecule has 28 heavy (non-hydrogen) atoms. The average Bonchev–Trinajstić information content (AvgIpc) is 3.09. The van der Waals surface area contributed by atoms with Crippen molar-refractivity contribution in [3.05, 3.63) is 36.0 Å². The lowest BCUT2D eigenvalue weighted by molar-refractivity contribution is 0.143. The van der Waals surface area contributed by atoms with Crippen molar-refractivity contribution in [2.24, 2.45) is 10.9 Å². The minimum Gasteiger partial charge on any atom is -0.361 e. The van der Waals surface area contributed by atoms with Crippen LogP contribution in [0.25, 0.3) is 10.9 Å². The highest BCUT2D eigenvalue weighted by Crippen LogP contribution is 2.19. The van der Waals surface area contributed by atoms with Crippen LogP contribution in [0, 0.1) is 5.92 Å². The fourth-order valence-corrected chi connectivity index (χ4v) is 3.93. The van der Waals surface area contributed by atoms with Gasteiger partial charge in [0.25, 0.3) is 0 Å². The highest BCUT2D eigenvalue weighted by atomic mass is 127. The molecule has 1 atom stereocenters. The number of fused-ring (bicyclic) bond motifs is 1. The summed E-state index contributed by atoms with van der Waals surface area (Å²) >= 11 is 0. The largest absolute Gasteiger partial charge is 0.361 e. The van der Waals surface area contributed by atoms with E-state index in [4.69, 9.17) is 4.99 Å². The molecular formula is C22H36IN5. The molecule has 0 saturated carbocycles. The summed E-state index contributed by atoms with van der Waals surface area (Å²) in [5, 5.41) is 8.22. The Bertz CT molecular complexity index is 739. The predicted octanol–water partition coefficient (Wildman–Crippen LogP) is 4.00. The number of rotatable bonds is 7. The number of H-pyrrole nitrogens is 1. The number of aliphatic imine (C=N–C) groups is 1. The van der Waals surface area contributed by atoms with Crippen LogP contribution in [0.3, 0.4) is 0 Å². The van der Waals surface area contributed by atoms with E-state index in [1.165, 1.54) is 42.4 Å². The number of nitrogens with one attached hydrogen (secondary N) is 3. The lowest BCUT2D eigenvalue weighted by Gasteiger charge is -2.34. The van der Waals surface area contributed by atoms with Crippen molar-refractivity contribution < 1.29 is 0 Å². The van der Waals surface area contributed by atoms with Gasteiger partial charge in [-0.1, -0.05) is 18.2 Å². The van der Waals surface area contributed by atoms with Crippen molar-refractivity contribution in [3.63, 3.8) is 0 Å². The zero-order chi connectivity index (χ0) is 19.1. The Morgan fingerprint density at radius 1 is 1.29 bits per heavy atom. The predicted molar refractivity (Wildman–Crippen MR) is 131 cm³/mol. The molecule has 0 amide bonds. The first kappa shape index (κ1) is 23.0. The van der Waals surface area contributed by atoms with Gasteiger partial charge in [0, 0.05) is 49.3 Å². The van der Waals surface area contributed by atoms with Gasteiger partial charge in [-0.15, -0.1) is 24.0 Å². The van der Waals surface area contributed by atoms with Gasteiger partial charge in [-0.25, -0.2) is 0 Å². The van der Waals surface area contributed by atoms with E-state index >= 15 is 0 Å².